The minimum Gasteiger partial charge on any atom is -0.352 e. The highest BCUT2D eigenvalue weighted by Crippen LogP contribution is 2.34. The Hall–Kier alpha value is -2.88. The summed E-state index contributed by atoms with van der Waals surface area (Å²) in [7, 11) is 0. The summed E-state index contributed by atoms with van der Waals surface area (Å²) in [6, 6.07) is 18.1. The van der Waals surface area contributed by atoms with Crippen molar-refractivity contribution in [2.24, 2.45) is 5.92 Å². The van der Waals surface area contributed by atoms with E-state index in [1.54, 1.807) is 6.08 Å². The van der Waals surface area contributed by atoms with Gasteiger partial charge in [-0.25, -0.2) is 0 Å². The van der Waals surface area contributed by atoms with E-state index in [4.69, 9.17) is 0 Å². The standard InChI is InChI=1S/C24H28N2O2/c1-3-14-25-24(28)21-12-13-22(20-11-7-8-18(2)15-20)26(17-21)23(27)16-19-9-5-4-6-10-19/h3-11,15,21-22H,1,12-14,16-17H2,2H3,(H,25,28)/t21-,22+/m0/s1. The zero-order valence-corrected chi connectivity index (χ0v) is 16.4. The van der Waals surface area contributed by atoms with Gasteiger partial charge >= 0.3 is 0 Å². The quantitative estimate of drug-likeness (QED) is 0.779. The van der Waals surface area contributed by atoms with Crippen molar-refractivity contribution in [3.8, 4) is 0 Å². The molecule has 28 heavy (non-hydrogen) atoms. The first kappa shape index (κ1) is 19.9. The molecule has 1 fully saturated rings. The van der Waals surface area contributed by atoms with Gasteiger partial charge in [-0.1, -0.05) is 66.2 Å². The molecular weight excluding hydrogens is 348 g/mol. The number of nitrogens with zero attached hydrogens (tertiary/aromatic N) is 1. The fourth-order valence-electron chi connectivity index (χ4n) is 3.87. The van der Waals surface area contributed by atoms with Crippen LogP contribution in [0.25, 0.3) is 0 Å². The van der Waals surface area contributed by atoms with Crippen molar-refractivity contribution in [2.75, 3.05) is 13.1 Å². The zero-order valence-electron chi connectivity index (χ0n) is 16.4. The molecule has 0 radical (unpaired) electrons. The van der Waals surface area contributed by atoms with Gasteiger partial charge in [0.2, 0.25) is 11.8 Å². The minimum atomic E-state index is -0.180. The van der Waals surface area contributed by atoms with Crippen LogP contribution in [0.5, 0.6) is 0 Å². The average Bonchev–Trinajstić information content (AvgIpc) is 2.72. The van der Waals surface area contributed by atoms with Crippen LogP contribution in [0, 0.1) is 12.8 Å². The van der Waals surface area contributed by atoms with Crippen molar-refractivity contribution in [3.05, 3.63) is 83.9 Å². The second-order valence-electron chi connectivity index (χ2n) is 7.45. The molecular formula is C24H28N2O2. The fourth-order valence-corrected chi connectivity index (χ4v) is 3.87. The molecule has 4 heteroatoms. The van der Waals surface area contributed by atoms with Gasteiger partial charge in [0.25, 0.3) is 0 Å². The summed E-state index contributed by atoms with van der Waals surface area (Å²) in [4.78, 5) is 27.6. The van der Waals surface area contributed by atoms with Gasteiger partial charge in [-0.05, 0) is 30.9 Å². The van der Waals surface area contributed by atoms with Gasteiger partial charge in [0.05, 0.1) is 18.4 Å². The van der Waals surface area contributed by atoms with Crippen molar-refractivity contribution in [1.29, 1.82) is 0 Å². The van der Waals surface area contributed by atoms with E-state index in [9.17, 15) is 9.59 Å². The molecule has 0 bridgehead atoms. The Morgan fingerprint density at radius 3 is 2.64 bits per heavy atom. The maximum atomic E-state index is 13.2. The molecule has 3 rings (SSSR count). The van der Waals surface area contributed by atoms with Crippen LogP contribution in [-0.2, 0) is 16.0 Å². The number of hydrogen-bond acceptors (Lipinski definition) is 2. The number of benzene rings is 2. The Morgan fingerprint density at radius 2 is 1.93 bits per heavy atom. The number of piperidine rings is 1. The molecule has 0 aromatic heterocycles. The molecule has 146 valence electrons. The van der Waals surface area contributed by atoms with E-state index in [2.05, 4.69) is 37.0 Å². The largest absolute Gasteiger partial charge is 0.352 e. The lowest BCUT2D eigenvalue weighted by Crippen LogP contribution is -2.47. The van der Waals surface area contributed by atoms with E-state index in [-0.39, 0.29) is 23.8 Å². The second-order valence-corrected chi connectivity index (χ2v) is 7.45. The van der Waals surface area contributed by atoms with Crippen LogP contribution in [0.4, 0.5) is 0 Å². The maximum absolute atomic E-state index is 13.2. The topological polar surface area (TPSA) is 49.4 Å². The van der Waals surface area contributed by atoms with Crippen molar-refractivity contribution in [2.45, 2.75) is 32.2 Å². The minimum absolute atomic E-state index is 0.0000957. The summed E-state index contributed by atoms with van der Waals surface area (Å²) in [6.45, 7) is 6.62. The van der Waals surface area contributed by atoms with Crippen molar-refractivity contribution < 1.29 is 9.59 Å². The third kappa shape index (κ3) is 4.89. The molecule has 0 saturated carbocycles. The normalized spacial score (nSPS) is 19.1. The third-order valence-electron chi connectivity index (χ3n) is 5.32. The molecule has 2 atom stereocenters. The first-order chi connectivity index (χ1) is 13.6. The first-order valence-electron chi connectivity index (χ1n) is 9.87. The van der Waals surface area contributed by atoms with Gasteiger partial charge in [-0.15, -0.1) is 6.58 Å². The lowest BCUT2D eigenvalue weighted by Gasteiger charge is -2.39. The molecule has 1 aliphatic heterocycles. The number of aryl methyl sites for hydroxylation is 1. The SMILES string of the molecule is C=CCNC(=O)[C@H]1CC[C@H](c2cccc(C)c2)N(C(=O)Cc2ccccc2)C1. The van der Waals surface area contributed by atoms with Gasteiger partial charge in [-0.3, -0.25) is 9.59 Å². The zero-order chi connectivity index (χ0) is 19.9. The molecule has 0 spiro atoms. The van der Waals surface area contributed by atoms with E-state index >= 15 is 0 Å². The van der Waals surface area contributed by atoms with Crippen LogP contribution >= 0.6 is 0 Å². The number of carbonyl (C=O) groups is 2. The van der Waals surface area contributed by atoms with E-state index in [0.29, 0.717) is 19.5 Å². The smallest absolute Gasteiger partial charge is 0.227 e. The third-order valence-corrected chi connectivity index (χ3v) is 5.32. The van der Waals surface area contributed by atoms with Gasteiger partial charge in [0.15, 0.2) is 0 Å². The summed E-state index contributed by atoms with van der Waals surface area (Å²) in [5, 5.41) is 2.88. The van der Waals surface area contributed by atoms with Crippen LogP contribution in [0.2, 0.25) is 0 Å². The predicted molar refractivity (Wildman–Crippen MR) is 112 cm³/mol. The van der Waals surface area contributed by atoms with Crippen LogP contribution in [0.1, 0.15) is 35.6 Å². The average molecular weight is 377 g/mol. The van der Waals surface area contributed by atoms with Gasteiger partial charge < -0.3 is 10.2 Å². The number of amides is 2. The Morgan fingerprint density at radius 1 is 1.14 bits per heavy atom. The van der Waals surface area contributed by atoms with E-state index in [1.165, 1.54) is 5.56 Å². The molecule has 1 aliphatic rings. The highest BCUT2D eigenvalue weighted by atomic mass is 16.2. The molecule has 4 nitrogen and oxygen atoms in total. The highest BCUT2D eigenvalue weighted by molar-refractivity contribution is 5.82. The van der Waals surface area contributed by atoms with Gasteiger partial charge in [0.1, 0.15) is 0 Å². The number of hydrogen-bond donors (Lipinski definition) is 1. The first-order valence-corrected chi connectivity index (χ1v) is 9.87. The maximum Gasteiger partial charge on any atom is 0.227 e. The van der Waals surface area contributed by atoms with Crippen LogP contribution in [0.15, 0.2) is 67.3 Å². The summed E-state index contributed by atoms with van der Waals surface area (Å²) < 4.78 is 0. The molecule has 0 aliphatic carbocycles. The Balaban J connectivity index is 1.81. The lowest BCUT2D eigenvalue weighted by atomic mass is 9.87. The number of carbonyl (C=O) groups excluding carboxylic acids is 2. The fraction of sp³-hybridized carbons (Fsp3) is 0.333. The number of nitrogens with one attached hydrogen (secondary N) is 1. The highest BCUT2D eigenvalue weighted by Gasteiger charge is 2.35. The molecule has 0 unspecified atom stereocenters. The van der Waals surface area contributed by atoms with Crippen molar-refractivity contribution >= 4 is 11.8 Å². The second kappa shape index (κ2) is 9.36. The molecule has 1 N–H and O–H groups in total. The Kier molecular flexibility index (Phi) is 6.64. The van der Waals surface area contributed by atoms with E-state index in [0.717, 1.165) is 24.0 Å². The molecule has 1 saturated heterocycles. The summed E-state index contributed by atoms with van der Waals surface area (Å²) in [6.07, 6.45) is 3.59. The summed E-state index contributed by atoms with van der Waals surface area (Å²) >= 11 is 0. The van der Waals surface area contributed by atoms with Crippen LogP contribution in [-0.4, -0.2) is 29.8 Å². The van der Waals surface area contributed by atoms with Crippen LogP contribution < -0.4 is 5.32 Å². The Labute approximate surface area is 167 Å². The number of likely N-dealkylation sites (tertiary alicyclic amines) is 1. The van der Waals surface area contributed by atoms with Gasteiger partial charge in [0, 0.05) is 13.1 Å². The van der Waals surface area contributed by atoms with E-state index in [1.807, 2.05) is 41.3 Å². The molecule has 2 amide bonds. The monoisotopic (exact) mass is 376 g/mol. The predicted octanol–water partition coefficient (Wildman–Crippen LogP) is 3.82. The lowest BCUT2D eigenvalue weighted by molar-refractivity contribution is -0.138. The van der Waals surface area contributed by atoms with Crippen LogP contribution in [0.3, 0.4) is 0 Å². The molecule has 1 heterocycles. The number of rotatable bonds is 6. The van der Waals surface area contributed by atoms with E-state index < -0.39 is 0 Å². The molecule has 2 aromatic rings. The summed E-state index contributed by atoms with van der Waals surface area (Å²) in [5.41, 5.74) is 3.32. The Bertz CT molecular complexity index is 832. The summed E-state index contributed by atoms with van der Waals surface area (Å²) in [5.74, 6) is -0.111. The van der Waals surface area contributed by atoms with Crippen molar-refractivity contribution in [3.63, 3.8) is 0 Å². The molecule has 2 aromatic carbocycles. The van der Waals surface area contributed by atoms with Crippen molar-refractivity contribution in [1.82, 2.24) is 10.2 Å². The van der Waals surface area contributed by atoms with Gasteiger partial charge in [-0.2, -0.15) is 0 Å².